The van der Waals surface area contributed by atoms with Crippen LogP contribution in [0.5, 0.6) is 0 Å². The number of rotatable bonds is 3. The summed E-state index contributed by atoms with van der Waals surface area (Å²) >= 11 is 0. The second-order valence-corrected chi connectivity index (χ2v) is 5.11. The number of hydrogen-bond donors (Lipinski definition) is 1. The maximum absolute atomic E-state index is 11.7. The molecule has 0 spiro atoms. The quantitative estimate of drug-likeness (QED) is 0.680. The molecular weight excluding hydrogens is 254 g/mol. The Balaban J connectivity index is 2.11. The highest BCUT2D eigenvalue weighted by molar-refractivity contribution is 6.32. The lowest BCUT2D eigenvalue weighted by molar-refractivity contribution is -0.154. The molecule has 1 aromatic rings. The van der Waals surface area contributed by atoms with Crippen LogP contribution in [0.1, 0.15) is 49.4 Å². The zero-order valence-electron chi connectivity index (χ0n) is 12.1. The van der Waals surface area contributed by atoms with E-state index in [4.69, 9.17) is 4.74 Å². The Hall–Kier alpha value is -1.84. The number of ether oxygens (including phenoxy) is 1. The largest absolute Gasteiger partial charge is 0.459 e. The maximum atomic E-state index is 11.7. The minimum atomic E-state index is -0.816. The molecule has 0 saturated carbocycles. The third kappa shape index (κ3) is 3.18. The van der Waals surface area contributed by atoms with E-state index < -0.39 is 11.9 Å². The minimum absolute atomic E-state index is 0.181. The van der Waals surface area contributed by atoms with Gasteiger partial charge in [-0.1, -0.05) is 18.2 Å². The molecule has 20 heavy (non-hydrogen) atoms. The van der Waals surface area contributed by atoms with Crippen LogP contribution in [-0.4, -0.2) is 18.5 Å². The van der Waals surface area contributed by atoms with Crippen molar-refractivity contribution in [3.05, 3.63) is 34.9 Å². The molecule has 0 aromatic heterocycles. The third-order valence-corrected chi connectivity index (χ3v) is 3.71. The third-order valence-electron chi connectivity index (χ3n) is 3.71. The summed E-state index contributed by atoms with van der Waals surface area (Å²) in [5.74, 6) is -1.49. The molecule has 0 bridgehead atoms. The van der Waals surface area contributed by atoms with E-state index in [1.807, 2.05) is 19.1 Å². The summed E-state index contributed by atoms with van der Waals surface area (Å²) in [5.41, 5.74) is 3.81. The van der Waals surface area contributed by atoms with Crippen LogP contribution < -0.4 is 5.32 Å². The van der Waals surface area contributed by atoms with E-state index in [-0.39, 0.29) is 12.6 Å². The number of esters is 1. The number of fused-ring (bicyclic) bond motifs is 1. The van der Waals surface area contributed by atoms with Crippen LogP contribution in [0.3, 0.4) is 0 Å². The molecular formula is C16H21NO3. The average molecular weight is 275 g/mol. The number of nitrogens with one attached hydrogen (secondary N) is 1. The molecule has 4 nitrogen and oxygen atoms in total. The van der Waals surface area contributed by atoms with Crippen LogP contribution in [0.4, 0.5) is 0 Å². The molecule has 0 saturated heterocycles. The van der Waals surface area contributed by atoms with Gasteiger partial charge < -0.3 is 10.1 Å². The van der Waals surface area contributed by atoms with Gasteiger partial charge in [0.2, 0.25) is 0 Å². The van der Waals surface area contributed by atoms with Gasteiger partial charge in [-0.3, -0.25) is 4.79 Å². The zero-order valence-corrected chi connectivity index (χ0v) is 12.1. The Kier molecular flexibility index (Phi) is 4.77. The molecule has 4 heteroatoms. The second-order valence-electron chi connectivity index (χ2n) is 5.11. The summed E-state index contributed by atoms with van der Waals surface area (Å²) < 4.78 is 4.70. The lowest BCUT2D eigenvalue weighted by Gasteiger charge is -2.23. The maximum Gasteiger partial charge on any atom is 0.396 e. The van der Waals surface area contributed by atoms with Crippen molar-refractivity contribution in [2.75, 3.05) is 6.61 Å². The van der Waals surface area contributed by atoms with E-state index in [2.05, 4.69) is 11.4 Å². The zero-order chi connectivity index (χ0) is 14.5. The molecule has 0 radical (unpaired) electrons. The first kappa shape index (κ1) is 14.6. The first-order chi connectivity index (χ1) is 9.63. The first-order valence-corrected chi connectivity index (χ1v) is 7.21. The topological polar surface area (TPSA) is 55.4 Å². The highest BCUT2D eigenvalue weighted by Crippen LogP contribution is 2.28. The standard InChI is InChI=1S/C16H21NO3/c1-3-20-16(19)15(18)17-11(2)13-10-6-8-12-7-4-5-9-14(12)13/h6,8,10-11H,3-5,7,9H2,1-2H3,(H,17,18). The van der Waals surface area contributed by atoms with Crippen LogP contribution in [-0.2, 0) is 27.2 Å². The molecule has 2 rings (SSSR count). The van der Waals surface area contributed by atoms with Crippen LogP contribution in [0.2, 0.25) is 0 Å². The Bertz CT molecular complexity index is 510. The Labute approximate surface area is 119 Å². The molecule has 1 atom stereocenters. The van der Waals surface area contributed by atoms with Crippen molar-refractivity contribution in [3.63, 3.8) is 0 Å². The predicted octanol–water partition coefficient (Wildman–Crippen LogP) is 2.31. The molecule has 0 heterocycles. The molecule has 0 fully saturated rings. The Morgan fingerprint density at radius 1 is 1.30 bits per heavy atom. The van der Waals surface area contributed by atoms with E-state index in [1.165, 1.54) is 24.0 Å². The van der Waals surface area contributed by atoms with E-state index in [1.54, 1.807) is 6.92 Å². The van der Waals surface area contributed by atoms with Gasteiger partial charge in [0.05, 0.1) is 12.6 Å². The van der Waals surface area contributed by atoms with E-state index >= 15 is 0 Å². The summed E-state index contributed by atoms with van der Waals surface area (Å²) in [7, 11) is 0. The van der Waals surface area contributed by atoms with Gasteiger partial charge in [0, 0.05) is 0 Å². The van der Waals surface area contributed by atoms with Gasteiger partial charge in [0.1, 0.15) is 0 Å². The summed E-state index contributed by atoms with van der Waals surface area (Å²) in [6.07, 6.45) is 4.55. The smallest absolute Gasteiger partial charge is 0.396 e. The lowest BCUT2D eigenvalue weighted by atomic mass is 9.86. The van der Waals surface area contributed by atoms with E-state index in [0.717, 1.165) is 18.4 Å². The van der Waals surface area contributed by atoms with Gasteiger partial charge in [-0.15, -0.1) is 0 Å². The molecule has 1 aromatic carbocycles. The normalized spacial score (nSPS) is 15.1. The summed E-state index contributed by atoms with van der Waals surface area (Å²) in [6, 6.07) is 6.02. The van der Waals surface area contributed by atoms with E-state index in [0.29, 0.717) is 0 Å². The fourth-order valence-corrected chi connectivity index (χ4v) is 2.75. The monoisotopic (exact) mass is 275 g/mol. The van der Waals surface area contributed by atoms with Crippen molar-refractivity contribution in [1.29, 1.82) is 0 Å². The summed E-state index contributed by atoms with van der Waals surface area (Å²) in [4.78, 5) is 23.1. The molecule has 108 valence electrons. The number of carbonyl (C=O) groups excluding carboxylic acids is 2. The fraction of sp³-hybridized carbons (Fsp3) is 0.500. The number of aryl methyl sites for hydroxylation is 1. The minimum Gasteiger partial charge on any atom is -0.459 e. The van der Waals surface area contributed by atoms with Gasteiger partial charge in [-0.05, 0) is 56.2 Å². The highest BCUT2D eigenvalue weighted by atomic mass is 16.5. The molecule has 1 aliphatic carbocycles. The van der Waals surface area contributed by atoms with Crippen LogP contribution in [0.25, 0.3) is 0 Å². The number of hydrogen-bond acceptors (Lipinski definition) is 3. The Morgan fingerprint density at radius 3 is 2.80 bits per heavy atom. The van der Waals surface area contributed by atoms with Crippen molar-refractivity contribution in [2.24, 2.45) is 0 Å². The molecule has 0 aliphatic heterocycles. The number of amides is 1. The summed E-state index contributed by atoms with van der Waals surface area (Å²) in [5, 5.41) is 2.72. The predicted molar refractivity (Wildman–Crippen MR) is 76.3 cm³/mol. The fourth-order valence-electron chi connectivity index (χ4n) is 2.75. The van der Waals surface area contributed by atoms with Gasteiger partial charge in [0.25, 0.3) is 0 Å². The van der Waals surface area contributed by atoms with Crippen molar-refractivity contribution in [2.45, 2.75) is 45.6 Å². The SMILES string of the molecule is CCOC(=O)C(=O)NC(C)c1cccc2c1CCCC2. The second kappa shape index (κ2) is 6.55. The molecule has 1 N–H and O–H groups in total. The van der Waals surface area contributed by atoms with Crippen LogP contribution in [0.15, 0.2) is 18.2 Å². The van der Waals surface area contributed by atoms with Crippen LogP contribution >= 0.6 is 0 Å². The van der Waals surface area contributed by atoms with E-state index in [9.17, 15) is 9.59 Å². The molecule has 1 unspecified atom stereocenters. The lowest BCUT2D eigenvalue weighted by Crippen LogP contribution is -2.35. The van der Waals surface area contributed by atoms with Gasteiger partial charge >= 0.3 is 11.9 Å². The van der Waals surface area contributed by atoms with Gasteiger partial charge in [-0.2, -0.15) is 0 Å². The van der Waals surface area contributed by atoms with Crippen LogP contribution in [0, 0.1) is 0 Å². The summed E-state index contributed by atoms with van der Waals surface area (Å²) in [6.45, 7) is 3.80. The first-order valence-electron chi connectivity index (χ1n) is 7.21. The number of carbonyl (C=O) groups is 2. The molecule has 1 amide bonds. The van der Waals surface area contributed by atoms with Crippen molar-refractivity contribution >= 4 is 11.9 Å². The Morgan fingerprint density at radius 2 is 2.05 bits per heavy atom. The van der Waals surface area contributed by atoms with Crippen molar-refractivity contribution in [1.82, 2.24) is 5.32 Å². The highest BCUT2D eigenvalue weighted by Gasteiger charge is 2.21. The van der Waals surface area contributed by atoms with Gasteiger partial charge in [-0.25, -0.2) is 4.79 Å². The van der Waals surface area contributed by atoms with Crippen molar-refractivity contribution < 1.29 is 14.3 Å². The van der Waals surface area contributed by atoms with Crippen molar-refractivity contribution in [3.8, 4) is 0 Å². The van der Waals surface area contributed by atoms with Gasteiger partial charge in [0.15, 0.2) is 0 Å². The number of benzene rings is 1. The molecule has 1 aliphatic rings. The average Bonchev–Trinajstić information content (AvgIpc) is 2.46.